The second-order valence-corrected chi connectivity index (χ2v) is 6.11. The number of benzene rings is 1. The fourth-order valence-corrected chi connectivity index (χ4v) is 2.86. The van der Waals surface area contributed by atoms with Crippen LogP contribution in [0.4, 0.5) is 0 Å². The predicted molar refractivity (Wildman–Crippen MR) is 98.4 cm³/mol. The maximum Gasteiger partial charge on any atom is 0.333 e. The maximum atomic E-state index is 12.9. The number of fused-ring (bicyclic) bond motifs is 1. The van der Waals surface area contributed by atoms with Crippen molar-refractivity contribution in [1.29, 1.82) is 0 Å². The third kappa shape index (κ3) is 3.16. The number of methoxy groups -OCH3 is 1. The standard InChI is InChI=1S/C17H17ClN4O4/c1-21-9-12(15(23)19-7-8-26-2)13-14(21)16(24)22(17(25)20-13)11-5-3-10(18)4-6-11/h3-6,9H,7-8H2,1-2H3,(H,19,23)(H,20,25). The van der Waals surface area contributed by atoms with E-state index in [0.717, 1.165) is 4.57 Å². The molecular weight excluding hydrogens is 360 g/mol. The molecule has 0 unspecified atom stereocenters. The van der Waals surface area contributed by atoms with E-state index in [1.54, 1.807) is 31.3 Å². The number of halogens is 1. The summed E-state index contributed by atoms with van der Waals surface area (Å²) in [5.74, 6) is -0.396. The molecule has 0 fully saturated rings. The monoisotopic (exact) mass is 376 g/mol. The van der Waals surface area contributed by atoms with Crippen molar-refractivity contribution in [2.24, 2.45) is 7.05 Å². The minimum atomic E-state index is -0.637. The van der Waals surface area contributed by atoms with Gasteiger partial charge in [-0.1, -0.05) is 11.6 Å². The van der Waals surface area contributed by atoms with Crippen molar-refractivity contribution in [2.45, 2.75) is 0 Å². The molecule has 2 N–H and O–H groups in total. The highest BCUT2D eigenvalue weighted by molar-refractivity contribution is 6.30. The van der Waals surface area contributed by atoms with Gasteiger partial charge in [-0.25, -0.2) is 9.36 Å². The number of aromatic amines is 1. The van der Waals surface area contributed by atoms with Crippen LogP contribution in [0.15, 0.2) is 40.1 Å². The van der Waals surface area contributed by atoms with Crippen LogP contribution in [0.3, 0.4) is 0 Å². The number of carbonyl (C=O) groups excluding carboxylic acids is 1. The largest absolute Gasteiger partial charge is 0.383 e. The fraction of sp³-hybridized carbons (Fsp3) is 0.235. The molecule has 136 valence electrons. The number of rotatable bonds is 5. The van der Waals surface area contributed by atoms with E-state index in [9.17, 15) is 14.4 Å². The van der Waals surface area contributed by atoms with Gasteiger partial charge >= 0.3 is 5.69 Å². The first-order valence-electron chi connectivity index (χ1n) is 7.81. The number of aromatic nitrogens is 3. The van der Waals surface area contributed by atoms with Gasteiger partial charge < -0.3 is 19.6 Å². The highest BCUT2D eigenvalue weighted by atomic mass is 35.5. The van der Waals surface area contributed by atoms with Crippen molar-refractivity contribution in [3.8, 4) is 5.69 Å². The Hall–Kier alpha value is -2.84. The van der Waals surface area contributed by atoms with Gasteiger partial charge in [-0.05, 0) is 24.3 Å². The van der Waals surface area contributed by atoms with Crippen molar-refractivity contribution >= 4 is 28.5 Å². The zero-order valence-electron chi connectivity index (χ0n) is 14.2. The third-order valence-corrected chi connectivity index (χ3v) is 4.20. The van der Waals surface area contributed by atoms with Crippen LogP contribution in [0.1, 0.15) is 10.4 Å². The number of nitrogens with one attached hydrogen (secondary N) is 2. The Kier molecular flexibility index (Phi) is 4.97. The Labute approximate surface area is 153 Å². The molecule has 0 radical (unpaired) electrons. The number of hydrogen-bond donors (Lipinski definition) is 2. The molecule has 0 atom stereocenters. The maximum absolute atomic E-state index is 12.9. The van der Waals surface area contributed by atoms with Crippen molar-refractivity contribution in [2.75, 3.05) is 20.3 Å². The zero-order chi connectivity index (χ0) is 18.8. The lowest BCUT2D eigenvalue weighted by Gasteiger charge is -2.06. The summed E-state index contributed by atoms with van der Waals surface area (Å²) in [6.45, 7) is 0.675. The van der Waals surface area contributed by atoms with Gasteiger partial charge in [0.25, 0.3) is 11.5 Å². The number of aryl methyl sites for hydroxylation is 1. The van der Waals surface area contributed by atoms with Gasteiger partial charge in [-0.15, -0.1) is 0 Å². The molecule has 0 aliphatic rings. The first-order valence-corrected chi connectivity index (χ1v) is 8.19. The molecular formula is C17H17ClN4O4. The van der Waals surface area contributed by atoms with E-state index in [1.807, 2.05) is 0 Å². The van der Waals surface area contributed by atoms with Crippen LogP contribution >= 0.6 is 11.6 Å². The molecule has 8 nitrogen and oxygen atoms in total. The van der Waals surface area contributed by atoms with E-state index in [4.69, 9.17) is 16.3 Å². The molecule has 3 aromatic rings. The van der Waals surface area contributed by atoms with E-state index >= 15 is 0 Å². The Bertz CT molecular complexity index is 1080. The van der Waals surface area contributed by atoms with Crippen molar-refractivity contribution in [1.82, 2.24) is 19.4 Å². The summed E-state index contributed by atoms with van der Waals surface area (Å²) < 4.78 is 7.42. The van der Waals surface area contributed by atoms with Gasteiger partial charge in [0.05, 0.1) is 23.4 Å². The van der Waals surface area contributed by atoms with Crippen LogP contribution in [0.25, 0.3) is 16.7 Å². The van der Waals surface area contributed by atoms with Gasteiger partial charge in [0.15, 0.2) is 0 Å². The molecule has 0 aliphatic heterocycles. The lowest BCUT2D eigenvalue weighted by atomic mass is 10.2. The normalized spacial score (nSPS) is 11.0. The molecule has 26 heavy (non-hydrogen) atoms. The van der Waals surface area contributed by atoms with E-state index in [-0.39, 0.29) is 16.6 Å². The lowest BCUT2D eigenvalue weighted by Crippen LogP contribution is -2.34. The first-order chi connectivity index (χ1) is 12.4. The summed E-state index contributed by atoms with van der Waals surface area (Å²) in [5.41, 5.74) is -0.142. The molecule has 2 heterocycles. The van der Waals surface area contributed by atoms with Gasteiger partial charge in [0.2, 0.25) is 0 Å². The molecule has 0 spiro atoms. The minimum absolute atomic E-state index is 0.197. The van der Waals surface area contributed by atoms with Crippen LogP contribution in [0.2, 0.25) is 5.02 Å². The molecule has 9 heteroatoms. The summed E-state index contributed by atoms with van der Waals surface area (Å²) >= 11 is 5.86. The van der Waals surface area contributed by atoms with Crippen LogP contribution in [-0.2, 0) is 11.8 Å². The summed E-state index contributed by atoms with van der Waals surface area (Å²) in [5, 5.41) is 3.17. The molecule has 1 aromatic carbocycles. The van der Waals surface area contributed by atoms with E-state index in [2.05, 4.69) is 10.3 Å². The smallest absolute Gasteiger partial charge is 0.333 e. The molecule has 1 amide bonds. The number of hydrogen-bond acceptors (Lipinski definition) is 4. The summed E-state index contributed by atoms with van der Waals surface area (Å²) in [6.07, 6.45) is 1.51. The first kappa shape index (κ1) is 18.0. The highest BCUT2D eigenvalue weighted by Gasteiger charge is 2.19. The summed E-state index contributed by atoms with van der Waals surface area (Å²) in [7, 11) is 3.17. The van der Waals surface area contributed by atoms with Crippen molar-refractivity contribution < 1.29 is 9.53 Å². The highest BCUT2D eigenvalue weighted by Crippen LogP contribution is 2.16. The topological polar surface area (TPSA) is 98.1 Å². The lowest BCUT2D eigenvalue weighted by molar-refractivity contribution is 0.0938. The average Bonchev–Trinajstić information content (AvgIpc) is 2.93. The minimum Gasteiger partial charge on any atom is -0.383 e. The SMILES string of the molecule is COCCNC(=O)c1cn(C)c2c(=O)n(-c3ccc(Cl)cc3)c(=O)[nH]c12. The number of nitrogens with zero attached hydrogens (tertiary/aromatic N) is 2. The number of carbonyl (C=O) groups is 1. The van der Waals surface area contributed by atoms with E-state index in [0.29, 0.717) is 23.9 Å². The molecule has 2 aromatic heterocycles. The second kappa shape index (κ2) is 7.19. The van der Waals surface area contributed by atoms with Crippen LogP contribution in [0, 0.1) is 0 Å². The van der Waals surface area contributed by atoms with Gasteiger partial charge in [0, 0.05) is 31.9 Å². The summed E-state index contributed by atoms with van der Waals surface area (Å²) in [6, 6.07) is 6.33. The average molecular weight is 377 g/mol. The quantitative estimate of drug-likeness (QED) is 0.650. The van der Waals surface area contributed by atoms with Gasteiger partial charge in [-0.2, -0.15) is 0 Å². The van der Waals surface area contributed by atoms with Crippen LogP contribution in [-0.4, -0.2) is 40.3 Å². The molecule has 0 saturated heterocycles. The van der Waals surface area contributed by atoms with Crippen molar-refractivity contribution in [3.63, 3.8) is 0 Å². The second-order valence-electron chi connectivity index (χ2n) is 5.67. The Morgan fingerprint density at radius 3 is 2.62 bits per heavy atom. The van der Waals surface area contributed by atoms with Crippen molar-refractivity contribution in [3.05, 3.63) is 61.9 Å². The predicted octanol–water partition coefficient (Wildman–Crippen LogP) is 1.05. The molecule has 0 bridgehead atoms. The number of H-pyrrole nitrogens is 1. The summed E-state index contributed by atoms with van der Waals surface area (Å²) in [4.78, 5) is 40.4. The van der Waals surface area contributed by atoms with Crippen LogP contribution < -0.4 is 16.6 Å². The van der Waals surface area contributed by atoms with Gasteiger partial charge in [-0.3, -0.25) is 9.59 Å². The number of amides is 1. The molecule has 0 saturated carbocycles. The fourth-order valence-electron chi connectivity index (χ4n) is 2.73. The van der Waals surface area contributed by atoms with E-state index in [1.165, 1.54) is 17.9 Å². The third-order valence-electron chi connectivity index (χ3n) is 3.94. The zero-order valence-corrected chi connectivity index (χ0v) is 15.0. The van der Waals surface area contributed by atoms with Crippen LogP contribution in [0.5, 0.6) is 0 Å². The molecule has 3 rings (SSSR count). The van der Waals surface area contributed by atoms with Gasteiger partial charge in [0.1, 0.15) is 5.52 Å². The Morgan fingerprint density at radius 1 is 1.27 bits per heavy atom. The van der Waals surface area contributed by atoms with E-state index < -0.39 is 17.2 Å². The Balaban J connectivity index is 2.15. The number of ether oxygens (including phenoxy) is 1. The molecule has 0 aliphatic carbocycles. The Morgan fingerprint density at radius 2 is 1.96 bits per heavy atom.